The molecule has 0 spiro atoms. The van der Waals surface area contributed by atoms with Gasteiger partial charge in [-0.2, -0.15) is 0 Å². The molecular formula is C17H15N3O6. The highest BCUT2D eigenvalue weighted by molar-refractivity contribution is 5.95. The molecule has 1 aliphatic rings. The number of nitrogens with zero attached hydrogens (tertiary/aromatic N) is 3. The molecule has 0 fully saturated rings. The summed E-state index contributed by atoms with van der Waals surface area (Å²) in [5.41, 5.74) is -0.00844. The molecule has 0 atom stereocenters. The van der Waals surface area contributed by atoms with E-state index in [0.717, 1.165) is 35.2 Å². The molecule has 0 saturated heterocycles. The first-order valence-electron chi connectivity index (χ1n) is 7.78. The number of nitro groups is 1. The van der Waals surface area contributed by atoms with Crippen LogP contribution in [0.1, 0.15) is 15.9 Å². The Morgan fingerprint density at radius 1 is 1.31 bits per heavy atom. The topological polar surface area (TPSA) is 112 Å². The number of fused-ring (bicyclic) bond motifs is 1. The fourth-order valence-electron chi connectivity index (χ4n) is 2.92. The highest BCUT2D eigenvalue weighted by Crippen LogP contribution is 2.27. The minimum atomic E-state index is -0.994. The first-order chi connectivity index (χ1) is 12.4. The molecule has 3 rings (SSSR count). The van der Waals surface area contributed by atoms with E-state index in [4.69, 9.17) is 0 Å². The van der Waals surface area contributed by atoms with Crippen molar-refractivity contribution in [1.29, 1.82) is 0 Å². The lowest BCUT2D eigenvalue weighted by atomic mass is 10.2. The second kappa shape index (κ2) is 6.79. The summed E-state index contributed by atoms with van der Waals surface area (Å²) in [7, 11) is 1.07. The van der Waals surface area contributed by atoms with Gasteiger partial charge in [0.05, 0.1) is 18.2 Å². The van der Waals surface area contributed by atoms with E-state index in [2.05, 4.69) is 4.74 Å². The Morgan fingerprint density at radius 2 is 2.04 bits per heavy atom. The van der Waals surface area contributed by atoms with Crippen LogP contribution in [-0.2, 0) is 22.5 Å². The Kier molecular flexibility index (Phi) is 4.53. The Hall–Kier alpha value is -3.49. The largest absolute Gasteiger partial charge is 0.465 e. The Bertz CT molecular complexity index is 965. The number of ether oxygens (including phenoxy) is 1. The number of para-hydroxylation sites is 1. The molecule has 134 valence electrons. The number of rotatable bonds is 4. The van der Waals surface area contributed by atoms with Crippen LogP contribution in [0.3, 0.4) is 0 Å². The van der Waals surface area contributed by atoms with Gasteiger partial charge in [-0.15, -0.1) is 0 Å². The first-order valence-corrected chi connectivity index (χ1v) is 7.78. The quantitative estimate of drug-likeness (QED) is 0.461. The normalized spacial score (nSPS) is 12.6. The number of pyridine rings is 1. The summed E-state index contributed by atoms with van der Waals surface area (Å²) < 4.78 is 5.36. The van der Waals surface area contributed by atoms with Crippen LogP contribution in [-0.4, -0.2) is 35.0 Å². The Balaban J connectivity index is 1.96. The average molecular weight is 357 g/mol. The predicted molar refractivity (Wildman–Crippen MR) is 91.2 cm³/mol. The van der Waals surface area contributed by atoms with Crippen LogP contribution < -0.4 is 10.5 Å². The fraction of sp³-hybridized carbons (Fsp3) is 0.235. The van der Waals surface area contributed by atoms with E-state index < -0.39 is 40.2 Å². The van der Waals surface area contributed by atoms with Crippen LogP contribution in [0.15, 0.2) is 41.3 Å². The van der Waals surface area contributed by atoms with Crippen molar-refractivity contribution >= 4 is 23.3 Å². The van der Waals surface area contributed by atoms with E-state index in [0.29, 0.717) is 13.0 Å². The van der Waals surface area contributed by atoms with Gasteiger partial charge in [0.15, 0.2) is 0 Å². The van der Waals surface area contributed by atoms with Crippen LogP contribution in [0.25, 0.3) is 0 Å². The number of anilines is 1. The molecule has 9 heteroatoms. The maximum atomic E-state index is 12.6. The lowest BCUT2D eigenvalue weighted by molar-refractivity contribution is -0.385. The number of methoxy groups -OCH3 is 1. The summed E-state index contributed by atoms with van der Waals surface area (Å²) in [6.45, 7) is 0.0462. The summed E-state index contributed by atoms with van der Waals surface area (Å²) in [5, 5.41) is 11.1. The number of hydrogen-bond acceptors (Lipinski definition) is 6. The van der Waals surface area contributed by atoms with Gasteiger partial charge in [0.1, 0.15) is 12.1 Å². The van der Waals surface area contributed by atoms with E-state index in [1.165, 1.54) is 4.90 Å². The zero-order chi connectivity index (χ0) is 18.8. The maximum absolute atomic E-state index is 12.6. The number of carbonyl (C=O) groups excluding carboxylic acids is 2. The zero-order valence-electron chi connectivity index (χ0n) is 13.9. The van der Waals surface area contributed by atoms with E-state index in [9.17, 15) is 24.5 Å². The minimum absolute atomic E-state index is 0.395. The minimum Gasteiger partial charge on any atom is -0.465 e. The van der Waals surface area contributed by atoms with Crippen molar-refractivity contribution in [2.45, 2.75) is 13.0 Å². The molecule has 0 bridgehead atoms. The molecule has 2 aromatic rings. The van der Waals surface area contributed by atoms with Crippen molar-refractivity contribution in [1.82, 2.24) is 4.57 Å². The molecule has 0 aliphatic carbocycles. The standard InChI is InChI=1S/C17H15N3O6/c1-26-17(23)13-8-12(20(24)25)9-18(16(13)22)10-15(21)19-7-6-11-4-2-3-5-14(11)19/h2-5,8-9H,6-7,10H2,1H3. The van der Waals surface area contributed by atoms with Crippen LogP contribution >= 0.6 is 0 Å². The van der Waals surface area contributed by atoms with Crippen molar-refractivity contribution in [3.8, 4) is 0 Å². The van der Waals surface area contributed by atoms with Crippen molar-refractivity contribution in [3.63, 3.8) is 0 Å². The van der Waals surface area contributed by atoms with Gasteiger partial charge in [0.25, 0.3) is 11.2 Å². The summed E-state index contributed by atoms with van der Waals surface area (Å²) in [4.78, 5) is 48.6. The molecule has 0 saturated carbocycles. The second-order valence-corrected chi connectivity index (χ2v) is 5.72. The molecular weight excluding hydrogens is 342 g/mol. The zero-order valence-corrected chi connectivity index (χ0v) is 13.9. The summed E-state index contributed by atoms with van der Waals surface area (Å²) in [5.74, 6) is -1.39. The smallest absolute Gasteiger partial charge is 0.343 e. The van der Waals surface area contributed by atoms with Gasteiger partial charge in [0.2, 0.25) is 5.91 Å². The van der Waals surface area contributed by atoms with Gasteiger partial charge in [-0.25, -0.2) is 4.79 Å². The Labute approximate surface area is 147 Å². The van der Waals surface area contributed by atoms with Crippen LogP contribution in [0.2, 0.25) is 0 Å². The number of carbonyl (C=O) groups is 2. The first kappa shape index (κ1) is 17.3. The molecule has 1 amide bonds. The van der Waals surface area contributed by atoms with Gasteiger partial charge in [-0.3, -0.25) is 24.3 Å². The lowest BCUT2D eigenvalue weighted by Gasteiger charge is -2.18. The molecule has 1 aromatic carbocycles. The van der Waals surface area contributed by atoms with E-state index in [1.807, 2.05) is 12.1 Å². The maximum Gasteiger partial charge on any atom is 0.343 e. The van der Waals surface area contributed by atoms with Crippen molar-refractivity contribution in [2.75, 3.05) is 18.6 Å². The second-order valence-electron chi connectivity index (χ2n) is 5.72. The molecule has 0 N–H and O–H groups in total. The van der Waals surface area contributed by atoms with Crippen molar-refractivity contribution < 1.29 is 19.2 Å². The molecule has 2 heterocycles. The van der Waals surface area contributed by atoms with E-state index >= 15 is 0 Å². The third-order valence-electron chi connectivity index (χ3n) is 4.18. The molecule has 1 aliphatic heterocycles. The van der Waals surface area contributed by atoms with Crippen LogP contribution in [0.4, 0.5) is 11.4 Å². The average Bonchev–Trinajstić information content (AvgIpc) is 3.06. The lowest BCUT2D eigenvalue weighted by Crippen LogP contribution is -2.36. The summed E-state index contributed by atoms with van der Waals surface area (Å²) in [6, 6.07) is 8.24. The van der Waals surface area contributed by atoms with Gasteiger partial charge in [-0.05, 0) is 18.1 Å². The SMILES string of the molecule is COC(=O)c1cc([N+](=O)[O-])cn(CC(=O)N2CCc3ccccc32)c1=O. The van der Waals surface area contributed by atoms with Gasteiger partial charge >= 0.3 is 5.97 Å². The third-order valence-corrected chi connectivity index (χ3v) is 4.18. The number of esters is 1. The highest BCUT2D eigenvalue weighted by atomic mass is 16.6. The van der Waals surface area contributed by atoms with Crippen LogP contribution in [0, 0.1) is 10.1 Å². The molecule has 9 nitrogen and oxygen atoms in total. The molecule has 1 aromatic heterocycles. The van der Waals surface area contributed by atoms with Gasteiger partial charge in [0, 0.05) is 18.3 Å². The highest BCUT2D eigenvalue weighted by Gasteiger charge is 2.26. The number of amides is 1. The number of hydrogen-bond donors (Lipinski definition) is 0. The Morgan fingerprint density at radius 3 is 2.73 bits per heavy atom. The summed E-state index contributed by atoms with van der Waals surface area (Å²) in [6.07, 6.45) is 1.65. The predicted octanol–water partition coefficient (Wildman–Crippen LogP) is 1.13. The number of benzene rings is 1. The third kappa shape index (κ3) is 3.06. The van der Waals surface area contributed by atoms with Crippen molar-refractivity contribution in [3.05, 3.63) is 68.1 Å². The molecule has 26 heavy (non-hydrogen) atoms. The van der Waals surface area contributed by atoms with E-state index in [-0.39, 0.29) is 0 Å². The summed E-state index contributed by atoms with van der Waals surface area (Å²) >= 11 is 0. The molecule has 0 radical (unpaired) electrons. The van der Waals surface area contributed by atoms with E-state index in [1.54, 1.807) is 12.1 Å². The van der Waals surface area contributed by atoms with Crippen molar-refractivity contribution in [2.24, 2.45) is 0 Å². The number of aromatic nitrogens is 1. The fourth-order valence-corrected chi connectivity index (χ4v) is 2.92. The monoisotopic (exact) mass is 357 g/mol. The van der Waals surface area contributed by atoms with Gasteiger partial charge in [-0.1, -0.05) is 18.2 Å². The van der Waals surface area contributed by atoms with Gasteiger partial charge < -0.3 is 9.64 Å². The molecule has 0 unspecified atom stereocenters. The van der Waals surface area contributed by atoms with Crippen LogP contribution in [0.5, 0.6) is 0 Å².